The lowest BCUT2D eigenvalue weighted by atomic mass is 10.0. The number of thiophene rings is 1. The van der Waals surface area contributed by atoms with E-state index in [0.717, 1.165) is 21.8 Å². The van der Waals surface area contributed by atoms with Crippen LogP contribution in [0.3, 0.4) is 0 Å². The number of alkyl halides is 3. The van der Waals surface area contributed by atoms with Gasteiger partial charge in [0.1, 0.15) is 26.8 Å². The second-order valence-corrected chi connectivity index (χ2v) is 11.5. The first-order valence-electron chi connectivity index (χ1n) is 13.7. The number of aromatic nitrogens is 1. The summed E-state index contributed by atoms with van der Waals surface area (Å²) in [6.45, 7) is 4.80. The smallest absolute Gasteiger partial charge is 0.421 e. The first-order valence-corrected chi connectivity index (χ1v) is 14.6. The summed E-state index contributed by atoms with van der Waals surface area (Å²) in [5.41, 5.74) is 0.801. The number of urea groups is 1. The number of pyridine rings is 1. The molecule has 44 heavy (non-hydrogen) atoms. The lowest BCUT2D eigenvalue weighted by Gasteiger charge is -2.34. The molecule has 0 saturated carbocycles. The Morgan fingerprint density at radius 3 is 2.61 bits per heavy atom. The molecule has 2 aromatic heterocycles. The number of rotatable bonds is 6. The third-order valence-electron chi connectivity index (χ3n) is 7.48. The topological polar surface area (TPSA) is 104 Å². The molecule has 1 atom stereocenters. The predicted octanol–water partition coefficient (Wildman–Crippen LogP) is 6.92. The van der Waals surface area contributed by atoms with Crippen molar-refractivity contribution >= 4 is 56.5 Å². The van der Waals surface area contributed by atoms with Gasteiger partial charge in [0.15, 0.2) is 0 Å². The number of nitrogens with one attached hydrogen (secondary N) is 2. The molecule has 6 rings (SSSR count). The molecule has 2 aliphatic rings. The molecule has 2 N–H and O–H groups in total. The zero-order chi connectivity index (χ0) is 31.2. The molecular weight excluding hydrogens is 595 g/mol. The molecule has 4 aromatic rings. The summed E-state index contributed by atoms with van der Waals surface area (Å²) >= 11 is 1.09. The van der Waals surface area contributed by atoms with E-state index in [-0.39, 0.29) is 18.0 Å². The summed E-state index contributed by atoms with van der Waals surface area (Å²) in [6, 6.07) is 15.4. The second kappa shape index (κ2) is 11.3. The monoisotopic (exact) mass is 621 g/mol. The average molecular weight is 622 g/mol. The van der Waals surface area contributed by atoms with Gasteiger partial charge in [-0.15, -0.1) is 11.3 Å². The number of carbonyl (C=O) groups excluding carboxylic acids is 3. The van der Waals surface area contributed by atoms with E-state index in [0.29, 0.717) is 51.6 Å². The van der Waals surface area contributed by atoms with Crippen molar-refractivity contribution in [2.24, 2.45) is 0 Å². The van der Waals surface area contributed by atoms with E-state index in [1.807, 2.05) is 43.3 Å². The predicted molar refractivity (Wildman–Crippen MR) is 161 cm³/mol. The van der Waals surface area contributed by atoms with Gasteiger partial charge in [-0.05, 0) is 61.7 Å². The van der Waals surface area contributed by atoms with Gasteiger partial charge in [0.05, 0.1) is 22.4 Å². The number of aryl methyl sites for hydroxylation is 1. The quantitative estimate of drug-likeness (QED) is 0.228. The van der Waals surface area contributed by atoms with Crippen molar-refractivity contribution in [2.45, 2.75) is 32.0 Å². The number of para-hydroxylation sites is 1. The van der Waals surface area contributed by atoms with Crippen LogP contribution in [0.25, 0.3) is 10.2 Å². The fraction of sp³-hybridized carbons (Fsp3) is 0.226. The molecule has 1 fully saturated rings. The molecular formula is C31H26F3N5O4S. The zero-order valence-electron chi connectivity index (χ0n) is 23.4. The van der Waals surface area contributed by atoms with Crippen molar-refractivity contribution in [1.29, 1.82) is 0 Å². The van der Waals surface area contributed by atoms with Gasteiger partial charge < -0.3 is 20.3 Å². The van der Waals surface area contributed by atoms with Crippen molar-refractivity contribution in [2.75, 3.05) is 23.3 Å². The van der Waals surface area contributed by atoms with Crippen LogP contribution in [0.15, 0.2) is 72.9 Å². The zero-order valence-corrected chi connectivity index (χ0v) is 24.2. The van der Waals surface area contributed by atoms with Gasteiger partial charge in [0, 0.05) is 25.3 Å². The Bertz CT molecular complexity index is 1810. The number of halogens is 3. The van der Waals surface area contributed by atoms with Gasteiger partial charge in [-0.1, -0.05) is 24.8 Å². The van der Waals surface area contributed by atoms with Crippen LogP contribution in [0.2, 0.25) is 0 Å². The first-order chi connectivity index (χ1) is 21.0. The molecule has 0 aliphatic carbocycles. The van der Waals surface area contributed by atoms with Crippen LogP contribution in [-0.2, 0) is 4.79 Å². The van der Waals surface area contributed by atoms with Gasteiger partial charge in [-0.25, -0.2) is 9.78 Å². The summed E-state index contributed by atoms with van der Waals surface area (Å²) in [5, 5.41) is 6.26. The van der Waals surface area contributed by atoms with E-state index in [4.69, 9.17) is 4.74 Å². The van der Waals surface area contributed by atoms with Crippen molar-refractivity contribution in [3.05, 3.63) is 83.4 Å². The van der Waals surface area contributed by atoms with Crippen LogP contribution in [0.5, 0.6) is 11.5 Å². The van der Waals surface area contributed by atoms with E-state index < -0.39 is 35.6 Å². The highest BCUT2D eigenvalue weighted by Gasteiger charge is 2.40. The number of ether oxygens (including phenoxy) is 1. The molecule has 4 amide bonds. The van der Waals surface area contributed by atoms with E-state index >= 15 is 0 Å². The number of nitrogens with zero attached hydrogens (tertiary/aromatic N) is 3. The third kappa shape index (κ3) is 5.46. The first kappa shape index (κ1) is 29.2. The van der Waals surface area contributed by atoms with E-state index in [9.17, 15) is 27.6 Å². The SMILES string of the molecule is C=C(C(=O)N1CCC[C@@H](NC(=O)c2sc3nccc4c3c2NC(=O)N4c2ccc(Oc3ccccc3)cc2C)C1)C(F)(F)F. The molecule has 226 valence electrons. The van der Waals surface area contributed by atoms with E-state index in [2.05, 4.69) is 22.2 Å². The molecule has 13 heteroatoms. The third-order valence-corrected chi connectivity index (χ3v) is 8.58. The van der Waals surface area contributed by atoms with Crippen molar-refractivity contribution in [3.8, 4) is 11.5 Å². The number of hydrogen-bond donors (Lipinski definition) is 2. The highest BCUT2D eigenvalue weighted by molar-refractivity contribution is 7.21. The van der Waals surface area contributed by atoms with Crippen LogP contribution < -0.4 is 20.3 Å². The number of anilines is 3. The summed E-state index contributed by atoms with van der Waals surface area (Å²) in [6.07, 6.45) is -2.39. The maximum absolute atomic E-state index is 13.5. The minimum Gasteiger partial charge on any atom is -0.457 e. The van der Waals surface area contributed by atoms with Crippen molar-refractivity contribution in [1.82, 2.24) is 15.2 Å². The molecule has 0 spiro atoms. The Kier molecular flexibility index (Phi) is 7.49. The summed E-state index contributed by atoms with van der Waals surface area (Å²) in [4.78, 5) is 47.1. The van der Waals surface area contributed by atoms with E-state index in [1.54, 1.807) is 24.4 Å². The standard InChI is InChI=1S/C31H26F3N5O4S/c1-17-15-21(43-20-8-4-3-5-9-20)10-11-22(17)39-23-12-13-35-28-24(23)25(37-30(39)42)26(44-28)27(40)36-19-7-6-14-38(16-19)29(41)18(2)31(32,33)34/h3-5,8-13,15,19H,2,6-7,14,16H2,1H3,(H,36,40)(H,37,42)/t19-/m1/s1. The minimum absolute atomic E-state index is 0.0905. The maximum Gasteiger partial charge on any atom is 0.421 e. The van der Waals surface area contributed by atoms with Crippen LogP contribution in [-0.4, -0.2) is 53.0 Å². The Hall–Kier alpha value is -4.91. The molecule has 9 nitrogen and oxygen atoms in total. The molecule has 2 aliphatic heterocycles. The number of hydrogen-bond acceptors (Lipinski definition) is 6. The van der Waals surface area contributed by atoms with Gasteiger partial charge in [0.25, 0.3) is 11.8 Å². The van der Waals surface area contributed by atoms with Gasteiger partial charge >= 0.3 is 12.2 Å². The number of piperidine rings is 1. The van der Waals surface area contributed by atoms with Crippen molar-refractivity contribution < 1.29 is 32.3 Å². The molecule has 0 radical (unpaired) electrons. The maximum atomic E-state index is 13.5. The lowest BCUT2D eigenvalue weighted by molar-refractivity contribution is -0.140. The average Bonchev–Trinajstić information content (AvgIpc) is 3.37. The Balaban J connectivity index is 1.25. The lowest BCUT2D eigenvalue weighted by Crippen LogP contribution is -2.50. The number of benzene rings is 2. The summed E-state index contributed by atoms with van der Waals surface area (Å²) in [7, 11) is 0. The number of likely N-dealkylation sites (tertiary alicyclic amines) is 1. The minimum atomic E-state index is -4.83. The summed E-state index contributed by atoms with van der Waals surface area (Å²) < 4.78 is 45.0. The van der Waals surface area contributed by atoms with Crippen LogP contribution in [0, 0.1) is 6.92 Å². The fourth-order valence-electron chi connectivity index (χ4n) is 5.39. The second-order valence-electron chi connectivity index (χ2n) is 10.5. The van der Waals surface area contributed by atoms with Gasteiger partial charge in [0.2, 0.25) is 0 Å². The largest absolute Gasteiger partial charge is 0.457 e. The Morgan fingerprint density at radius 1 is 1.11 bits per heavy atom. The van der Waals surface area contributed by atoms with E-state index in [1.165, 1.54) is 4.90 Å². The Labute approximate surface area is 253 Å². The normalized spacial score (nSPS) is 16.5. The Morgan fingerprint density at radius 2 is 1.89 bits per heavy atom. The van der Waals surface area contributed by atoms with Crippen LogP contribution in [0.1, 0.15) is 28.1 Å². The number of carbonyl (C=O) groups is 3. The molecule has 0 unspecified atom stereocenters. The van der Waals surface area contributed by atoms with Crippen molar-refractivity contribution in [3.63, 3.8) is 0 Å². The highest BCUT2D eigenvalue weighted by Crippen LogP contribution is 2.46. The summed E-state index contributed by atoms with van der Waals surface area (Å²) in [5.74, 6) is -0.436. The molecule has 4 heterocycles. The molecule has 2 aromatic carbocycles. The number of amides is 4. The fourth-order valence-corrected chi connectivity index (χ4v) is 6.42. The van der Waals surface area contributed by atoms with Crippen LogP contribution in [0.4, 0.5) is 35.0 Å². The highest BCUT2D eigenvalue weighted by atomic mass is 32.1. The van der Waals surface area contributed by atoms with Gasteiger partial charge in [-0.3, -0.25) is 14.5 Å². The van der Waals surface area contributed by atoms with Crippen LogP contribution >= 0.6 is 11.3 Å². The van der Waals surface area contributed by atoms with Gasteiger partial charge in [-0.2, -0.15) is 13.2 Å². The molecule has 0 bridgehead atoms. The molecule has 1 saturated heterocycles.